The topological polar surface area (TPSA) is 68.9 Å². The number of nitrogens with zero attached hydrogens (tertiary/aromatic N) is 3. The van der Waals surface area contributed by atoms with Crippen molar-refractivity contribution in [2.45, 2.75) is 40.7 Å². The number of hydrogen-bond acceptors (Lipinski definition) is 3. The van der Waals surface area contributed by atoms with Crippen molar-refractivity contribution in [2.75, 3.05) is 5.32 Å². The monoisotopic (exact) mass is 316 g/mol. The molecule has 0 radical (unpaired) electrons. The lowest BCUT2D eigenvalue weighted by molar-refractivity contribution is 0.102. The van der Waals surface area contributed by atoms with Crippen LogP contribution >= 0.6 is 0 Å². The first kappa shape index (κ1) is 17.0. The number of carbonyl (C=O) groups excluding carboxylic acids is 1. The fourth-order valence-electron chi connectivity index (χ4n) is 2.42. The molecule has 6 nitrogen and oxygen atoms in total. The van der Waals surface area contributed by atoms with Crippen LogP contribution in [-0.2, 0) is 13.6 Å². The molecule has 2 heterocycles. The van der Waals surface area contributed by atoms with Gasteiger partial charge in [0, 0.05) is 25.9 Å². The highest BCUT2D eigenvalue weighted by Gasteiger charge is 2.17. The second-order valence-corrected chi connectivity index (χ2v) is 6.30. The van der Waals surface area contributed by atoms with Gasteiger partial charge in [-0.2, -0.15) is 5.10 Å². The normalized spacial score (nSPS) is 11.0. The molecule has 1 N–H and O–H groups in total. The molecule has 0 unspecified atom stereocenters. The van der Waals surface area contributed by atoms with Crippen LogP contribution in [0.3, 0.4) is 0 Å². The van der Waals surface area contributed by atoms with E-state index in [2.05, 4.69) is 24.3 Å². The molecule has 0 saturated heterocycles. The minimum atomic E-state index is -0.394. The molecule has 0 bridgehead atoms. The van der Waals surface area contributed by atoms with Gasteiger partial charge in [-0.25, -0.2) is 0 Å². The van der Waals surface area contributed by atoms with Crippen molar-refractivity contribution < 1.29 is 4.79 Å². The highest BCUT2D eigenvalue weighted by atomic mass is 16.2. The molecule has 2 aromatic heterocycles. The molecule has 23 heavy (non-hydrogen) atoms. The van der Waals surface area contributed by atoms with Crippen LogP contribution in [-0.4, -0.2) is 20.3 Å². The van der Waals surface area contributed by atoms with Gasteiger partial charge in [0.1, 0.15) is 11.4 Å². The van der Waals surface area contributed by atoms with Crippen LogP contribution in [0.15, 0.2) is 23.1 Å². The number of rotatable bonds is 5. The lowest BCUT2D eigenvalue weighted by atomic mass is 10.1. The highest BCUT2D eigenvalue weighted by Crippen LogP contribution is 2.11. The lowest BCUT2D eigenvalue weighted by Gasteiger charge is -2.12. The quantitative estimate of drug-likeness (QED) is 0.921. The van der Waals surface area contributed by atoms with E-state index in [-0.39, 0.29) is 11.1 Å². The summed E-state index contributed by atoms with van der Waals surface area (Å²) in [5.74, 6) is 0.677. The van der Waals surface area contributed by atoms with E-state index < -0.39 is 5.91 Å². The molecule has 6 heteroatoms. The van der Waals surface area contributed by atoms with Crippen LogP contribution in [0, 0.1) is 19.8 Å². The number of nitrogens with one attached hydrogen (secondary N) is 1. The fourth-order valence-corrected chi connectivity index (χ4v) is 2.42. The minimum Gasteiger partial charge on any atom is -0.315 e. The fraction of sp³-hybridized carbons (Fsp3) is 0.471. The molecule has 0 saturated carbocycles. The maximum absolute atomic E-state index is 12.6. The zero-order chi connectivity index (χ0) is 17.1. The van der Waals surface area contributed by atoms with Gasteiger partial charge in [-0.15, -0.1) is 0 Å². The Hall–Kier alpha value is -2.37. The average Bonchev–Trinajstić information content (AvgIpc) is 2.75. The molecular weight excluding hydrogens is 292 g/mol. The summed E-state index contributed by atoms with van der Waals surface area (Å²) in [5, 5.41) is 6.96. The van der Waals surface area contributed by atoms with Crippen molar-refractivity contribution in [2.24, 2.45) is 13.0 Å². The first-order valence-electron chi connectivity index (χ1n) is 7.81. The van der Waals surface area contributed by atoms with Gasteiger partial charge in [0.25, 0.3) is 11.5 Å². The Morgan fingerprint density at radius 1 is 1.35 bits per heavy atom. The Kier molecular flexibility index (Phi) is 5.03. The standard InChI is InChI=1S/C17H24N4O2/c1-11(2)6-8-21-9-7-12(3)15(17(21)23)16(22)18-14-10-13(4)19-20(14)5/h7,9-11H,6,8H2,1-5H3,(H,18,22). The molecule has 0 aromatic carbocycles. The summed E-state index contributed by atoms with van der Waals surface area (Å²) in [4.78, 5) is 25.1. The van der Waals surface area contributed by atoms with Crippen LogP contribution in [0.1, 0.15) is 41.9 Å². The van der Waals surface area contributed by atoms with E-state index in [1.807, 2.05) is 13.0 Å². The molecule has 124 valence electrons. The Morgan fingerprint density at radius 2 is 2.04 bits per heavy atom. The summed E-state index contributed by atoms with van der Waals surface area (Å²) >= 11 is 0. The predicted octanol–water partition coefficient (Wildman–Crippen LogP) is 2.50. The molecule has 0 fully saturated rings. The molecular formula is C17H24N4O2. The molecule has 2 rings (SSSR count). The van der Waals surface area contributed by atoms with Crippen LogP contribution in [0.2, 0.25) is 0 Å². The molecule has 0 aliphatic heterocycles. The van der Waals surface area contributed by atoms with Crippen molar-refractivity contribution in [1.82, 2.24) is 14.3 Å². The van der Waals surface area contributed by atoms with E-state index in [1.165, 1.54) is 0 Å². The summed E-state index contributed by atoms with van der Waals surface area (Å²) in [6.45, 7) is 8.46. The maximum atomic E-state index is 12.6. The molecule has 0 aliphatic carbocycles. The molecule has 1 amide bonds. The number of aromatic nitrogens is 3. The van der Waals surface area contributed by atoms with Crippen LogP contribution in [0.5, 0.6) is 0 Å². The van der Waals surface area contributed by atoms with Crippen LogP contribution in [0.4, 0.5) is 5.82 Å². The second kappa shape index (κ2) is 6.81. The van der Waals surface area contributed by atoms with Crippen LogP contribution in [0.25, 0.3) is 0 Å². The average molecular weight is 316 g/mol. The Balaban J connectivity index is 2.30. The number of amides is 1. The number of pyridine rings is 1. The number of hydrogen-bond donors (Lipinski definition) is 1. The summed E-state index contributed by atoms with van der Waals surface area (Å²) < 4.78 is 3.19. The van der Waals surface area contributed by atoms with Gasteiger partial charge in [-0.1, -0.05) is 13.8 Å². The summed E-state index contributed by atoms with van der Waals surface area (Å²) in [6, 6.07) is 3.58. The van der Waals surface area contributed by atoms with Gasteiger partial charge in [-0.3, -0.25) is 14.3 Å². The Bertz CT molecular complexity index is 771. The van der Waals surface area contributed by atoms with E-state index in [9.17, 15) is 9.59 Å². The van der Waals surface area contributed by atoms with E-state index in [1.54, 1.807) is 35.5 Å². The van der Waals surface area contributed by atoms with Crippen LogP contribution < -0.4 is 10.9 Å². The Morgan fingerprint density at radius 3 is 2.61 bits per heavy atom. The molecule has 0 aliphatic rings. The first-order valence-corrected chi connectivity index (χ1v) is 7.81. The number of carbonyl (C=O) groups is 1. The van der Waals surface area contributed by atoms with Crippen molar-refractivity contribution >= 4 is 11.7 Å². The van der Waals surface area contributed by atoms with E-state index in [0.717, 1.165) is 12.1 Å². The molecule has 0 spiro atoms. The molecule has 0 atom stereocenters. The molecule has 2 aromatic rings. The zero-order valence-electron chi connectivity index (χ0n) is 14.4. The maximum Gasteiger partial charge on any atom is 0.263 e. The highest BCUT2D eigenvalue weighted by molar-refractivity contribution is 6.04. The summed E-state index contributed by atoms with van der Waals surface area (Å²) in [6.07, 6.45) is 2.65. The first-order chi connectivity index (χ1) is 10.8. The van der Waals surface area contributed by atoms with E-state index in [0.29, 0.717) is 23.8 Å². The number of aryl methyl sites for hydroxylation is 4. The van der Waals surface area contributed by atoms with E-state index >= 15 is 0 Å². The largest absolute Gasteiger partial charge is 0.315 e. The van der Waals surface area contributed by atoms with Gasteiger partial charge in [0.2, 0.25) is 0 Å². The third kappa shape index (κ3) is 3.88. The van der Waals surface area contributed by atoms with Gasteiger partial charge >= 0.3 is 0 Å². The third-order valence-electron chi connectivity index (χ3n) is 3.79. The SMILES string of the molecule is Cc1cc(NC(=O)c2c(C)ccn(CCC(C)C)c2=O)n(C)n1. The van der Waals surface area contributed by atoms with Gasteiger partial charge < -0.3 is 9.88 Å². The summed E-state index contributed by atoms with van der Waals surface area (Å²) in [5.41, 5.74) is 1.42. The van der Waals surface area contributed by atoms with Gasteiger partial charge in [-0.05, 0) is 37.8 Å². The Labute approximate surface area is 136 Å². The van der Waals surface area contributed by atoms with Gasteiger partial charge in [0.05, 0.1) is 5.69 Å². The van der Waals surface area contributed by atoms with Crippen molar-refractivity contribution in [3.8, 4) is 0 Å². The minimum absolute atomic E-state index is 0.190. The number of anilines is 1. The summed E-state index contributed by atoms with van der Waals surface area (Å²) in [7, 11) is 1.75. The van der Waals surface area contributed by atoms with E-state index in [4.69, 9.17) is 0 Å². The third-order valence-corrected chi connectivity index (χ3v) is 3.79. The van der Waals surface area contributed by atoms with Crippen molar-refractivity contribution in [3.05, 3.63) is 45.5 Å². The lowest BCUT2D eigenvalue weighted by Crippen LogP contribution is -2.30. The van der Waals surface area contributed by atoms with Gasteiger partial charge in [0.15, 0.2) is 0 Å². The second-order valence-electron chi connectivity index (χ2n) is 6.30. The predicted molar refractivity (Wildman–Crippen MR) is 90.8 cm³/mol. The smallest absolute Gasteiger partial charge is 0.263 e. The van der Waals surface area contributed by atoms with Crippen molar-refractivity contribution in [1.29, 1.82) is 0 Å². The van der Waals surface area contributed by atoms with Crippen molar-refractivity contribution in [3.63, 3.8) is 0 Å². The zero-order valence-corrected chi connectivity index (χ0v) is 14.4.